The molecule has 0 amide bonds. The van der Waals surface area contributed by atoms with Crippen LogP contribution in [0, 0.1) is 0 Å². The van der Waals surface area contributed by atoms with Crippen molar-refractivity contribution in [2.75, 3.05) is 19.5 Å². The third-order valence-electron chi connectivity index (χ3n) is 2.86. The van der Waals surface area contributed by atoms with Crippen LogP contribution in [0.2, 0.25) is 10.0 Å². The number of anilines is 1. The summed E-state index contributed by atoms with van der Waals surface area (Å²) in [4.78, 5) is 0. The number of rotatable bonds is 5. The standard InChI is InChI=1S/C15H15Cl2NO2/c1-19-14-5-3-10(7-12(14)17)9-18-13-8-11(16)4-6-15(13)20-2/h3-8,18H,9H2,1-2H3. The second-order valence-corrected chi connectivity index (χ2v) is 5.01. The molecule has 0 spiro atoms. The molecular formula is C15H15Cl2NO2. The predicted octanol–water partition coefficient (Wildman–Crippen LogP) is 4.62. The summed E-state index contributed by atoms with van der Waals surface area (Å²) in [5.41, 5.74) is 1.88. The average Bonchev–Trinajstić information content (AvgIpc) is 2.45. The van der Waals surface area contributed by atoms with E-state index in [4.69, 9.17) is 32.7 Å². The molecule has 0 radical (unpaired) electrons. The van der Waals surface area contributed by atoms with E-state index in [0.29, 0.717) is 22.3 Å². The lowest BCUT2D eigenvalue weighted by Gasteiger charge is -2.12. The summed E-state index contributed by atoms with van der Waals surface area (Å²) in [5, 5.41) is 4.52. The first-order valence-electron chi connectivity index (χ1n) is 6.04. The number of benzene rings is 2. The lowest BCUT2D eigenvalue weighted by molar-refractivity contribution is 0.415. The monoisotopic (exact) mass is 311 g/mol. The molecule has 0 heterocycles. The van der Waals surface area contributed by atoms with Crippen LogP contribution in [0.1, 0.15) is 5.56 Å². The topological polar surface area (TPSA) is 30.5 Å². The molecular weight excluding hydrogens is 297 g/mol. The van der Waals surface area contributed by atoms with Crippen molar-refractivity contribution in [1.29, 1.82) is 0 Å². The van der Waals surface area contributed by atoms with E-state index in [9.17, 15) is 0 Å². The van der Waals surface area contributed by atoms with E-state index >= 15 is 0 Å². The normalized spacial score (nSPS) is 10.2. The first kappa shape index (κ1) is 14.8. The molecule has 0 saturated carbocycles. The van der Waals surface area contributed by atoms with Gasteiger partial charge in [0, 0.05) is 11.6 Å². The molecule has 2 aromatic carbocycles. The highest BCUT2D eigenvalue weighted by atomic mass is 35.5. The minimum Gasteiger partial charge on any atom is -0.495 e. The van der Waals surface area contributed by atoms with E-state index in [-0.39, 0.29) is 0 Å². The van der Waals surface area contributed by atoms with Crippen molar-refractivity contribution in [3.8, 4) is 11.5 Å². The molecule has 0 atom stereocenters. The lowest BCUT2D eigenvalue weighted by atomic mass is 10.2. The van der Waals surface area contributed by atoms with Crippen molar-refractivity contribution in [2.45, 2.75) is 6.54 Å². The first-order chi connectivity index (χ1) is 9.63. The van der Waals surface area contributed by atoms with Gasteiger partial charge in [0.25, 0.3) is 0 Å². The highest BCUT2D eigenvalue weighted by Gasteiger charge is 2.05. The molecule has 3 nitrogen and oxygen atoms in total. The van der Waals surface area contributed by atoms with Crippen molar-refractivity contribution in [2.24, 2.45) is 0 Å². The molecule has 0 unspecified atom stereocenters. The van der Waals surface area contributed by atoms with Gasteiger partial charge in [0.05, 0.1) is 24.9 Å². The fourth-order valence-electron chi connectivity index (χ4n) is 1.84. The maximum absolute atomic E-state index is 6.10. The van der Waals surface area contributed by atoms with Crippen LogP contribution in [-0.2, 0) is 6.54 Å². The highest BCUT2D eigenvalue weighted by molar-refractivity contribution is 6.32. The van der Waals surface area contributed by atoms with Crippen LogP contribution in [0.4, 0.5) is 5.69 Å². The Labute approximate surface area is 128 Å². The fraction of sp³-hybridized carbons (Fsp3) is 0.200. The molecule has 5 heteroatoms. The van der Waals surface area contributed by atoms with Crippen molar-refractivity contribution >= 4 is 28.9 Å². The number of hydrogen-bond donors (Lipinski definition) is 1. The SMILES string of the molecule is COc1ccc(CNc2cc(Cl)ccc2OC)cc1Cl. The summed E-state index contributed by atoms with van der Waals surface area (Å²) in [6, 6.07) is 11.1. The number of hydrogen-bond acceptors (Lipinski definition) is 3. The van der Waals surface area contributed by atoms with Crippen LogP contribution in [0.25, 0.3) is 0 Å². The average molecular weight is 312 g/mol. The van der Waals surface area contributed by atoms with Crippen LogP contribution in [0.3, 0.4) is 0 Å². The van der Waals surface area contributed by atoms with Gasteiger partial charge in [-0.05, 0) is 35.9 Å². The number of methoxy groups -OCH3 is 2. The lowest BCUT2D eigenvalue weighted by Crippen LogP contribution is -2.01. The molecule has 20 heavy (non-hydrogen) atoms. The number of nitrogens with one attached hydrogen (secondary N) is 1. The van der Waals surface area contributed by atoms with Crippen LogP contribution in [0.5, 0.6) is 11.5 Å². The zero-order valence-electron chi connectivity index (χ0n) is 11.2. The van der Waals surface area contributed by atoms with Crippen molar-refractivity contribution in [3.63, 3.8) is 0 Å². The smallest absolute Gasteiger partial charge is 0.142 e. The molecule has 0 bridgehead atoms. The quantitative estimate of drug-likeness (QED) is 0.873. The number of ether oxygens (including phenoxy) is 2. The summed E-state index contributed by atoms with van der Waals surface area (Å²) in [6.45, 7) is 0.612. The molecule has 0 aromatic heterocycles. The van der Waals surface area contributed by atoms with Crippen LogP contribution < -0.4 is 14.8 Å². The predicted molar refractivity (Wildman–Crippen MR) is 83.3 cm³/mol. The second kappa shape index (κ2) is 6.73. The first-order valence-corrected chi connectivity index (χ1v) is 6.79. The molecule has 2 aromatic rings. The van der Waals surface area contributed by atoms with Gasteiger partial charge in [0.15, 0.2) is 0 Å². The molecule has 0 aliphatic carbocycles. The summed E-state index contributed by atoms with van der Waals surface area (Å²) < 4.78 is 10.4. The van der Waals surface area contributed by atoms with E-state index < -0.39 is 0 Å². The molecule has 1 N–H and O–H groups in total. The number of halogens is 2. The molecule has 0 aliphatic heterocycles. The van der Waals surface area contributed by atoms with Gasteiger partial charge >= 0.3 is 0 Å². The minimum atomic E-state index is 0.588. The Bertz CT molecular complexity index is 602. The Hall–Kier alpha value is -1.58. The van der Waals surface area contributed by atoms with Crippen molar-refractivity contribution in [3.05, 3.63) is 52.0 Å². The third kappa shape index (κ3) is 3.50. The van der Waals surface area contributed by atoms with Crippen LogP contribution in [-0.4, -0.2) is 14.2 Å². The Morgan fingerprint density at radius 2 is 1.65 bits per heavy atom. The van der Waals surface area contributed by atoms with Gasteiger partial charge in [-0.3, -0.25) is 0 Å². The van der Waals surface area contributed by atoms with Gasteiger partial charge in [-0.1, -0.05) is 29.3 Å². The van der Waals surface area contributed by atoms with Gasteiger partial charge in [0.1, 0.15) is 11.5 Å². The zero-order valence-corrected chi connectivity index (χ0v) is 12.8. The minimum absolute atomic E-state index is 0.588. The molecule has 106 valence electrons. The largest absolute Gasteiger partial charge is 0.495 e. The van der Waals surface area contributed by atoms with Crippen molar-refractivity contribution < 1.29 is 9.47 Å². The van der Waals surface area contributed by atoms with E-state index in [2.05, 4.69) is 5.32 Å². The third-order valence-corrected chi connectivity index (χ3v) is 3.39. The van der Waals surface area contributed by atoms with Gasteiger partial charge in [-0.15, -0.1) is 0 Å². The molecule has 0 aliphatic rings. The second-order valence-electron chi connectivity index (χ2n) is 4.17. The molecule has 2 rings (SSSR count). The van der Waals surface area contributed by atoms with E-state index in [1.807, 2.05) is 30.3 Å². The van der Waals surface area contributed by atoms with Gasteiger partial charge in [-0.25, -0.2) is 0 Å². The summed E-state index contributed by atoms with van der Waals surface area (Å²) in [6.07, 6.45) is 0. The van der Waals surface area contributed by atoms with Crippen molar-refractivity contribution in [1.82, 2.24) is 0 Å². The summed E-state index contributed by atoms with van der Waals surface area (Å²) >= 11 is 12.1. The Morgan fingerprint density at radius 3 is 2.30 bits per heavy atom. The summed E-state index contributed by atoms with van der Waals surface area (Å²) in [5.74, 6) is 1.41. The van der Waals surface area contributed by atoms with E-state index in [0.717, 1.165) is 17.0 Å². The highest BCUT2D eigenvalue weighted by Crippen LogP contribution is 2.29. The maximum atomic E-state index is 6.10. The Balaban J connectivity index is 2.12. The zero-order chi connectivity index (χ0) is 14.5. The summed E-state index contributed by atoms with van der Waals surface area (Å²) in [7, 11) is 3.22. The fourth-order valence-corrected chi connectivity index (χ4v) is 2.29. The van der Waals surface area contributed by atoms with Gasteiger partial charge in [-0.2, -0.15) is 0 Å². The van der Waals surface area contributed by atoms with Gasteiger partial charge < -0.3 is 14.8 Å². The Kier molecular flexibility index (Phi) is 4.99. The molecule has 0 fully saturated rings. The molecule has 0 saturated heterocycles. The van der Waals surface area contributed by atoms with E-state index in [1.54, 1.807) is 20.3 Å². The maximum Gasteiger partial charge on any atom is 0.142 e. The Morgan fingerprint density at radius 1 is 0.950 bits per heavy atom. The van der Waals surface area contributed by atoms with Gasteiger partial charge in [0.2, 0.25) is 0 Å². The van der Waals surface area contributed by atoms with Crippen LogP contribution in [0.15, 0.2) is 36.4 Å². The van der Waals surface area contributed by atoms with E-state index in [1.165, 1.54) is 0 Å². The van der Waals surface area contributed by atoms with Crippen LogP contribution >= 0.6 is 23.2 Å².